The maximum atomic E-state index is 12.6. The molecule has 23 heavy (non-hydrogen) atoms. The molecule has 5 heteroatoms. The largest absolute Gasteiger partial charge is 0.496 e. The van der Waals surface area contributed by atoms with Crippen molar-refractivity contribution in [1.29, 1.82) is 0 Å². The molecule has 1 aliphatic rings. The fraction of sp³-hybridized carbons (Fsp3) is 0.444. The summed E-state index contributed by atoms with van der Waals surface area (Å²) in [5.41, 5.74) is 1.10. The van der Waals surface area contributed by atoms with Gasteiger partial charge in [0.25, 0.3) is 5.91 Å². The molecule has 1 atom stereocenters. The molecular formula is C18H22N2O3. The molecule has 0 saturated heterocycles. The van der Waals surface area contributed by atoms with Crippen LogP contribution in [-0.2, 0) is 0 Å². The minimum Gasteiger partial charge on any atom is -0.496 e. The van der Waals surface area contributed by atoms with Crippen LogP contribution in [0.25, 0.3) is 10.9 Å². The zero-order valence-corrected chi connectivity index (χ0v) is 13.5. The van der Waals surface area contributed by atoms with Gasteiger partial charge in [0.15, 0.2) is 0 Å². The Morgan fingerprint density at radius 3 is 2.83 bits per heavy atom. The Balaban J connectivity index is 1.82. The minimum atomic E-state index is -0.218. The second-order valence-electron chi connectivity index (χ2n) is 6.10. The van der Waals surface area contributed by atoms with Crippen LogP contribution < -0.4 is 10.1 Å². The number of aliphatic hydroxyl groups excluding tert-OH is 1. The highest BCUT2D eigenvalue weighted by atomic mass is 16.5. The summed E-state index contributed by atoms with van der Waals surface area (Å²) in [5, 5.41) is 13.4. The predicted molar refractivity (Wildman–Crippen MR) is 88.6 cm³/mol. The number of fused-ring (bicyclic) bond motifs is 1. The number of nitrogens with one attached hydrogen (secondary N) is 1. The van der Waals surface area contributed by atoms with Crippen LogP contribution in [0.15, 0.2) is 30.3 Å². The maximum Gasteiger partial charge on any atom is 0.270 e. The van der Waals surface area contributed by atoms with E-state index in [2.05, 4.69) is 10.3 Å². The first-order chi connectivity index (χ1) is 11.1. The first-order valence-corrected chi connectivity index (χ1v) is 8.05. The smallest absolute Gasteiger partial charge is 0.270 e. The van der Waals surface area contributed by atoms with Crippen molar-refractivity contribution in [3.05, 3.63) is 36.0 Å². The van der Waals surface area contributed by atoms with Crippen LogP contribution in [0.4, 0.5) is 0 Å². The number of aromatic nitrogens is 1. The van der Waals surface area contributed by atoms with E-state index in [-0.39, 0.29) is 18.1 Å². The minimum absolute atomic E-state index is 0.0742. The van der Waals surface area contributed by atoms with Gasteiger partial charge >= 0.3 is 0 Å². The number of carbonyl (C=O) groups excluding carboxylic acids is 1. The lowest BCUT2D eigenvalue weighted by molar-refractivity contribution is 0.0232. The molecule has 0 bridgehead atoms. The summed E-state index contributed by atoms with van der Waals surface area (Å²) in [7, 11) is 1.59. The molecule has 1 aliphatic carbocycles. The van der Waals surface area contributed by atoms with Gasteiger partial charge in [-0.1, -0.05) is 19.1 Å². The lowest BCUT2D eigenvalue weighted by atomic mass is 9.76. The summed E-state index contributed by atoms with van der Waals surface area (Å²) in [6, 6.07) is 9.36. The van der Waals surface area contributed by atoms with Gasteiger partial charge in [0.1, 0.15) is 11.4 Å². The molecule has 2 aromatic rings. The highest BCUT2D eigenvalue weighted by Crippen LogP contribution is 2.32. The van der Waals surface area contributed by atoms with Gasteiger partial charge in [0, 0.05) is 17.5 Å². The predicted octanol–water partition coefficient (Wildman–Crippen LogP) is 2.52. The molecule has 122 valence electrons. The molecule has 1 aromatic carbocycles. The lowest BCUT2D eigenvalue weighted by Crippen LogP contribution is -2.46. The molecule has 0 radical (unpaired) electrons. The van der Waals surface area contributed by atoms with Crippen molar-refractivity contribution in [2.75, 3.05) is 7.11 Å². The van der Waals surface area contributed by atoms with E-state index in [0.29, 0.717) is 17.4 Å². The van der Waals surface area contributed by atoms with Crippen molar-refractivity contribution in [3.8, 4) is 5.75 Å². The Morgan fingerprint density at radius 2 is 2.17 bits per heavy atom. The third kappa shape index (κ3) is 3.15. The van der Waals surface area contributed by atoms with E-state index < -0.39 is 0 Å². The first-order valence-electron chi connectivity index (χ1n) is 8.05. The summed E-state index contributed by atoms with van der Waals surface area (Å²) in [6.45, 7) is 2.05. The number of pyridine rings is 1. The van der Waals surface area contributed by atoms with Gasteiger partial charge in [-0.05, 0) is 37.3 Å². The van der Waals surface area contributed by atoms with Crippen LogP contribution >= 0.6 is 0 Å². The van der Waals surface area contributed by atoms with Crippen molar-refractivity contribution in [1.82, 2.24) is 10.3 Å². The highest BCUT2D eigenvalue weighted by molar-refractivity contribution is 5.97. The van der Waals surface area contributed by atoms with E-state index in [4.69, 9.17) is 4.74 Å². The normalized spacial score (nSPS) is 21.5. The van der Waals surface area contributed by atoms with Gasteiger partial charge in [0.05, 0.1) is 18.7 Å². The van der Waals surface area contributed by atoms with Crippen molar-refractivity contribution in [2.24, 2.45) is 5.92 Å². The van der Waals surface area contributed by atoms with E-state index in [0.717, 1.165) is 30.2 Å². The van der Waals surface area contributed by atoms with Crippen LogP contribution in [0.5, 0.6) is 5.75 Å². The van der Waals surface area contributed by atoms with E-state index in [1.165, 1.54) is 0 Å². The number of aliphatic hydroxyl groups is 1. The van der Waals surface area contributed by atoms with E-state index in [1.54, 1.807) is 13.2 Å². The zero-order valence-electron chi connectivity index (χ0n) is 13.5. The number of hydrogen-bond acceptors (Lipinski definition) is 4. The van der Waals surface area contributed by atoms with Gasteiger partial charge in [-0.15, -0.1) is 0 Å². The van der Waals surface area contributed by atoms with E-state index >= 15 is 0 Å². The van der Waals surface area contributed by atoms with Crippen LogP contribution in [0, 0.1) is 5.92 Å². The van der Waals surface area contributed by atoms with E-state index in [1.807, 2.05) is 31.2 Å². The third-order valence-electron chi connectivity index (χ3n) is 4.61. The third-order valence-corrected chi connectivity index (χ3v) is 4.61. The summed E-state index contributed by atoms with van der Waals surface area (Å²) in [5.74, 6) is 0.802. The molecule has 2 N–H and O–H groups in total. The molecule has 3 rings (SSSR count). The number of rotatable bonds is 5. The number of hydrogen-bond donors (Lipinski definition) is 2. The SMILES string of the molecule is CCC(NC(=O)c1cc(OC)c2ccccc2n1)C1CC(O)C1. The molecular weight excluding hydrogens is 292 g/mol. The average Bonchev–Trinajstić information content (AvgIpc) is 2.55. The number of benzene rings is 1. The van der Waals surface area contributed by atoms with Crippen molar-refractivity contribution in [3.63, 3.8) is 0 Å². The fourth-order valence-corrected chi connectivity index (χ4v) is 3.18. The summed E-state index contributed by atoms with van der Waals surface area (Å²) in [6.07, 6.45) is 2.14. The van der Waals surface area contributed by atoms with Crippen LogP contribution in [0.2, 0.25) is 0 Å². The monoisotopic (exact) mass is 314 g/mol. The number of methoxy groups -OCH3 is 1. The highest BCUT2D eigenvalue weighted by Gasteiger charge is 2.34. The standard InChI is InChI=1S/C18H22N2O3/c1-3-14(11-8-12(21)9-11)20-18(22)16-10-17(23-2)13-6-4-5-7-15(13)19-16/h4-7,10-12,14,21H,3,8-9H2,1-2H3,(H,20,22). The Labute approximate surface area is 135 Å². The van der Waals surface area contributed by atoms with Gasteiger partial charge < -0.3 is 15.2 Å². The Morgan fingerprint density at radius 1 is 1.43 bits per heavy atom. The molecule has 1 amide bonds. The average molecular weight is 314 g/mol. The quantitative estimate of drug-likeness (QED) is 0.889. The van der Waals surface area contributed by atoms with Gasteiger partial charge in [0.2, 0.25) is 0 Å². The zero-order chi connectivity index (χ0) is 16.4. The second kappa shape index (κ2) is 6.54. The Hall–Kier alpha value is -2.14. The fourth-order valence-electron chi connectivity index (χ4n) is 3.18. The molecule has 1 unspecified atom stereocenters. The number of para-hydroxylation sites is 1. The molecule has 1 aromatic heterocycles. The Bertz CT molecular complexity index is 710. The van der Waals surface area contributed by atoms with E-state index in [9.17, 15) is 9.90 Å². The molecule has 0 aliphatic heterocycles. The Kier molecular flexibility index (Phi) is 4.48. The number of carbonyl (C=O) groups is 1. The molecule has 5 nitrogen and oxygen atoms in total. The second-order valence-corrected chi connectivity index (χ2v) is 6.10. The van der Waals surface area contributed by atoms with Crippen LogP contribution in [-0.4, -0.2) is 35.3 Å². The van der Waals surface area contributed by atoms with Crippen LogP contribution in [0.1, 0.15) is 36.7 Å². The van der Waals surface area contributed by atoms with Crippen molar-refractivity contribution in [2.45, 2.75) is 38.3 Å². The van der Waals surface area contributed by atoms with Crippen LogP contribution in [0.3, 0.4) is 0 Å². The van der Waals surface area contributed by atoms with Gasteiger partial charge in [-0.25, -0.2) is 4.98 Å². The summed E-state index contributed by atoms with van der Waals surface area (Å²) >= 11 is 0. The number of ether oxygens (including phenoxy) is 1. The molecule has 1 fully saturated rings. The molecule has 1 saturated carbocycles. The number of amides is 1. The maximum absolute atomic E-state index is 12.6. The summed E-state index contributed by atoms with van der Waals surface area (Å²) in [4.78, 5) is 17.0. The first kappa shape index (κ1) is 15.7. The summed E-state index contributed by atoms with van der Waals surface area (Å²) < 4.78 is 5.39. The van der Waals surface area contributed by atoms with Gasteiger partial charge in [-0.3, -0.25) is 4.79 Å². The molecule has 1 heterocycles. The van der Waals surface area contributed by atoms with Crippen molar-refractivity contribution < 1.29 is 14.6 Å². The lowest BCUT2D eigenvalue weighted by Gasteiger charge is -2.37. The number of nitrogens with zero attached hydrogens (tertiary/aromatic N) is 1. The topological polar surface area (TPSA) is 71.5 Å². The van der Waals surface area contributed by atoms with Crippen molar-refractivity contribution >= 4 is 16.8 Å². The van der Waals surface area contributed by atoms with Gasteiger partial charge in [-0.2, -0.15) is 0 Å². The molecule has 0 spiro atoms.